The fourth-order valence-electron chi connectivity index (χ4n) is 0.771. The van der Waals surface area contributed by atoms with Crippen molar-refractivity contribution in [1.29, 1.82) is 0 Å². The first-order valence-corrected chi connectivity index (χ1v) is 3.94. The van der Waals surface area contributed by atoms with Gasteiger partial charge in [-0.1, -0.05) is 29.3 Å². The highest BCUT2D eigenvalue weighted by Gasteiger charge is 2.11. The van der Waals surface area contributed by atoms with Crippen LogP contribution in [0.1, 0.15) is 10.4 Å². The van der Waals surface area contributed by atoms with Crippen LogP contribution in [-0.4, -0.2) is 13.1 Å². The van der Waals surface area contributed by atoms with Gasteiger partial charge in [-0.3, -0.25) is 0 Å². The number of methoxy groups -OCH3 is 1. The zero-order chi connectivity index (χ0) is 9.14. The average Bonchev–Trinajstić information content (AvgIpc) is 2.08. The third-order valence-electron chi connectivity index (χ3n) is 1.36. The Kier molecular flexibility index (Phi) is 5.14. The van der Waals surface area contributed by atoms with E-state index in [9.17, 15) is 4.79 Å². The second-order valence-electron chi connectivity index (χ2n) is 2.09. The highest BCUT2D eigenvalue weighted by atomic mass is 35.5. The summed E-state index contributed by atoms with van der Waals surface area (Å²) in [5.74, 6) is -0.484. The Bertz CT molecular complexity index is 312. The molecule has 0 aromatic heterocycles. The molecule has 0 atom stereocenters. The van der Waals surface area contributed by atoms with Crippen molar-refractivity contribution >= 4 is 41.6 Å². The molecule has 1 aromatic rings. The van der Waals surface area contributed by atoms with Crippen molar-refractivity contribution in [2.24, 2.45) is 0 Å². The Balaban J connectivity index is 0.00000144. The molecule has 72 valence electrons. The van der Waals surface area contributed by atoms with E-state index < -0.39 is 5.97 Å². The second-order valence-corrected chi connectivity index (χ2v) is 2.88. The van der Waals surface area contributed by atoms with Crippen molar-refractivity contribution in [3.63, 3.8) is 0 Å². The van der Waals surface area contributed by atoms with Gasteiger partial charge in [0.05, 0.1) is 22.7 Å². The molecule has 2 nitrogen and oxygen atoms in total. The van der Waals surface area contributed by atoms with Crippen LogP contribution in [-0.2, 0) is 4.74 Å². The Labute approximate surface area is 92.2 Å². The first kappa shape index (κ1) is 12.6. The van der Waals surface area contributed by atoms with Crippen LogP contribution in [0.2, 0.25) is 10.0 Å². The van der Waals surface area contributed by atoms with Crippen molar-refractivity contribution in [2.75, 3.05) is 7.11 Å². The molecule has 0 spiro atoms. The van der Waals surface area contributed by atoms with E-state index in [0.717, 1.165) is 0 Å². The van der Waals surface area contributed by atoms with Crippen LogP contribution in [0.4, 0.5) is 0 Å². The summed E-state index contributed by atoms with van der Waals surface area (Å²) < 4.78 is 4.49. The Morgan fingerprint density at radius 3 is 2.54 bits per heavy atom. The molecule has 0 aliphatic heterocycles. The maximum Gasteiger partial charge on any atom is 0.339 e. The highest BCUT2D eigenvalue weighted by Crippen LogP contribution is 2.25. The molecule has 0 aliphatic carbocycles. The molecule has 0 aliphatic rings. The number of carbonyl (C=O) groups excluding carboxylic acids is 1. The average molecular weight is 242 g/mol. The number of halogens is 3. The van der Waals surface area contributed by atoms with Gasteiger partial charge in [0.2, 0.25) is 0 Å². The lowest BCUT2D eigenvalue weighted by Crippen LogP contribution is -2.01. The van der Waals surface area contributed by atoms with Gasteiger partial charge in [-0.25, -0.2) is 4.79 Å². The number of ether oxygens (including phenoxy) is 1. The molecule has 1 aromatic carbocycles. The van der Waals surface area contributed by atoms with Crippen LogP contribution in [0.5, 0.6) is 0 Å². The van der Waals surface area contributed by atoms with Gasteiger partial charge in [-0.15, -0.1) is 12.4 Å². The maximum atomic E-state index is 11.0. The summed E-state index contributed by atoms with van der Waals surface area (Å²) in [5.41, 5.74) is 0.284. The van der Waals surface area contributed by atoms with Crippen molar-refractivity contribution in [2.45, 2.75) is 0 Å². The molecule has 1 rings (SSSR count). The second kappa shape index (κ2) is 5.32. The number of esters is 1. The number of benzene rings is 1. The van der Waals surface area contributed by atoms with Gasteiger partial charge in [0.1, 0.15) is 0 Å². The Hall–Kier alpha value is -0.440. The molecule has 0 heterocycles. The number of rotatable bonds is 1. The van der Waals surface area contributed by atoms with Gasteiger partial charge in [0.15, 0.2) is 0 Å². The van der Waals surface area contributed by atoms with Gasteiger partial charge in [-0.2, -0.15) is 0 Å². The third kappa shape index (κ3) is 2.76. The zero-order valence-corrected chi connectivity index (χ0v) is 9.04. The predicted octanol–water partition coefficient (Wildman–Crippen LogP) is 3.20. The standard InChI is InChI=1S/C8H6Cl2O2.ClH/c1-12-8(11)5-3-2-4-6(9)7(5)10;/h2-4H,1H3;1H. The van der Waals surface area contributed by atoms with Gasteiger partial charge in [-0.05, 0) is 12.1 Å². The lowest BCUT2D eigenvalue weighted by molar-refractivity contribution is 0.0601. The van der Waals surface area contributed by atoms with Crippen molar-refractivity contribution in [3.8, 4) is 0 Å². The molecule has 0 saturated heterocycles. The van der Waals surface area contributed by atoms with Crippen molar-refractivity contribution < 1.29 is 9.53 Å². The SMILES string of the molecule is COC(=O)c1cccc(Cl)c1Cl.Cl. The summed E-state index contributed by atoms with van der Waals surface area (Å²) in [7, 11) is 1.29. The molecule has 0 radical (unpaired) electrons. The van der Waals surface area contributed by atoms with Gasteiger partial charge in [0.25, 0.3) is 0 Å². The van der Waals surface area contributed by atoms with Gasteiger partial charge >= 0.3 is 5.97 Å². The summed E-state index contributed by atoms with van der Waals surface area (Å²) in [6.07, 6.45) is 0. The Morgan fingerprint density at radius 1 is 1.38 bits per heavy atom. The summed E-state index contributed by atoms with van der Waals surface area (Å²) >= 11 is 11.4. The highest BCUT2D eigenvalue weighted by molar-refractivity contribution is 6.43. The quantitative estimate of drug-likeness (QED) is 0.706. The summed E-state index contributed by atoms with van der Waals surface area (Å²) in [6, 6.07) is 4.80. The normalized spacial score (nSPS) is 8.85. The van der Waals surface area contributed by atoms with Crippen LogP contribution >= 0.6 is 35.6 Å². The number of carbonyl (C=O) groups is 1. The minimum atomic E-state index is -0.484. The molecule has 0 bridgehead atoms. The minimum Gasteiger partial charge on any atom is -0.465 e. The fourth-order valence-corrected chi connectivity index (χ4v) is 1.15. The van der Waals surface area contributed by atoms with Crippen LogP contribution in [0.15, 0.2) is 18.2 Å². The molecule has 0 N–H and O–H groups in total. The van der Waals surface area contributed by atoms with Crippen LogP contribution < -0.4 is 0 Å². The Morgan fingerprint density at radius 2 is 2.00 bits per heavy atom. The van der Waals surface area contributed by atoms with Crippen molar-refractivity contribution in [1.82, 2.24) is 0 Å². The number of hydrogen-bond acceptors (Lipinski definition) is 2. The molecular formula is C8H7Cl3O2. The third-order valence-corrected chi connectivity index (χ3v) is 2.18. The van der Waals surface area contributed by atoms with Gasteiger partial charge in [0, 0.05) is 0 Å². The van der Waals surface area contributed by atoms with E-state index in [1.54, 1.807) is 18.2 Å². The van der Waals surface area contributed by atoms with E-state index in [-0.39, 0.29) is 23.0 Å². The number of hydrogen-bond donors (Lipinski definition) is 0. The summed E-state index contributed by atoms with van der Waals surface area (Å²) in [6.45, 7) is 0. The summed E-state index contributed by atoms with van der Waals surface area (Å²) in [5, 5.41) is 0.575. The smallest absolute Gasteiger partial charge is 0.339 e. The van der Waals surface area contributed by atoms with E-state index in [4.69, 9.17) is 23.2 Å². The minimum absolute atomic E-state index is 0. The molecule has 0 amide bonds. The van der Waals surface area contributed by atoms with Gasteiger partial charge < -0.3 is 4.74 Å². The molecule has 5 heteroatoms. The first-order chi connectivity index (χ1) is 5.66. The van der Waals surface area contributed by atoms with Crippen LogP contribution in [0.3, 0.4) is 0 Å². The van der Waals surface area contributed by atoms with E-state index in [1.165, 1.54) is 7.11 Å². The van der Waals surface area contributed by atoms with E-state index in [0.29, 0.717) is 5.02 Å². The topological polar surface area (TPSA) is 26.3 Å². The maximum absolute atomic E-state index is 11.0. The monoisotopic (exact) mass is 240 g/mol. The molecule has 0 unspecified atom stereocenters. The lowest BCUT2D eigenvalue weighted by atomic mass is 10.2. The van der Waals surface area contributed by atoms with Crippen LogP contribution in [0.25, 0.3) is 0 Å². The zero-order valence-electron chi connectivity index (χ0n) is 6.71. The van der Waals surface area contributed by atoms with E-state index >= 15 is 0 Å². The first-order valence-electron chi connectivity index (χ1n) is 3.19. The van der Waals surface area contributed by atoms with E-state index in [1.807, 2.05) is 0 Å². The molecule has 0 fully saturated rings. The predicted molar refractivity (Wildman–Crippen MR) is 55.0 cm³/mol. The summed E-state index contributed by atoms with van der Waals surface area (Å²) in [4.78, 5) is 11.0. The molecule has 0 saturated carbocycles. The lowest BCUT2D eigenvalue weighted by Gasteiger charge is -2.02. The van der Waals surface area contributed by atoms with Crippen molar-refractivity contribution in [3.05, 3.63) is 33.8 Å². The molecule has 13 heavy (non-hydrogen) atoms. The van der Waals surface area contributed by atoms with Crippen LogP contribution in [0, 0.1) is 0 Å². The van der Waals surface area contributed by atoms with E-state index in [2.05, 4.69) is 4.74 Å². The fraction of sp³-hybridized carbons (Fsp3) is 0.125. The largest absolute Gasteiger partial charge is 0.465 e. The molecular weight excluding hydrogens is 234 g/mol.